The summed E-state index contributed by atoms with van der Waals surface area (Å²) >= 11 is 2.60. The molecule has 1 aromatic heterocycles. The fourth-order valence-electron chi connectivity index (χ4n) is 2.60. The van der Waals surface area contributed by atoms with Gasteiger partial charge in [-0.15, -0.1) is 10.2 Å². The number of hydrogen-bond acceptors (Lipinski definition) is 6. The molecule has 0 bridgehead atoms. The maximum absolute atomic E-state index is 12.6. The summed E-state index contributed by atoms with van der Waals surface area (Å²) in [4.78, 5) is 24.7. The quantitative estimate of drug-likeness (QED) is 0.340. The molecule has 0 aliphatic carbocycles. The third kappa shape index (κ3) is 5.24. The zero-order valence-corrected chi connectivity index (χ0v) is 16.4. The smallest absolute Gasteiger partial charge is 0.233 e. The standard InChI is InChI=1S/C20H19N3O2S2/c1-2-16(14-9-5-3-6-10-14)18(25)21-19-22-23-20(27-19)26-13-17(24)15-11-7-4-8-12-15/h3-12,16H,2,13H2,1H3,(H,21,22,25)/t16-/m0/s1. The second-order valence-corrected chi connectivity index (χ2v) is 8.01. The fourth-order valence-corrected chi connectivity index (χ4v) is 4.25. The van der Waals surface area contributed by atoms with Crippen molar-refractivity contribution in [1.29, 1.82) is 0 Å². The number of benzene rings is 2. The van der Waals surface area contributed by atoms with E-state index in [2.05, 4.69) is 15.5 Å². The molecule has 138 valence electrons. The molecule has 0 saturated carbocycles. The number of carbonyl (C=O) groups is 2. The predicted molar refractivity (Wildman–Crippen MR) is 110 cm³/mol. The molecule has 0 spiro atoms. The first-order chi connectivity index (χ1) is 13.2. The monoisotopic (exact) mass is 397 g/mol. The molecular formula is C20H19N3O2S2. The Bertz CT molecular complexity index is 898. The zero-order valence-electron chi connectivity index (χ0n) is 14.8. The van der Waals surface area contributed by atoms with Crippen LogP contribution in [0.5, 0.6) is 0 Å². The third-order valence-corrected chi connectivity index (χ3v) is 5.96. The first kappa shape index (κ1) is 19.3. The molecule has 7 heteroatoms. The van der Waals surface area contributed by atoms with Crippen LogP contribution in [0.1, 0.15) is 35.2 Å². The average Bonchev–Trinajstić information content (AvgIpc) is 3.15. The molecule has 1 amide bonds. The Kier molecular flexibility index (Phi) is 6.73. The lowest BCUT2D eigenvalue weighted by Crippen LogP contribution is -2.20. The fraction of sp³-hybridized carbons (Fsp3) is 0.200. The molecule has 1 heterocycles. The van der Waals surface area contributed by atoms with Crippen molar-refractivity contribution >= 4 is 39.9 Å². The molecule has 27 heavy (non-hydrogen) atoms. The second-order valence-electron chi connectivity index (χ2n) is 5.81. The van der Waals surface area contributed by atoms with E-state index in [1.807, 2.05) is 55.5 Å². The van der Waals surface area contributed by atoms with Crippen LogP contribution in [0.15, 0.2) is 65.0 Å². The Hall–Kier alpha value is -2.51. The van der Waals surface area contributed by atoms with Crippen molar-refractivity contribution < 1.29 is 9.59 Å². The number of anilines is 1. The second kappa shape index (κ2) is 9.43. The lowest BCUT2D eigenvalue weighted by molar-refractivity contribution is -0.117. The maximum atomic E-state index is 12.6. The van der Waals surface area contributed by atoms with E-state index in [-0.39, 0.29) is 23.4 Å². The summed E-state index contributed by atoms with van der Waals surface area (Å²) < 4.78 is 0.655. The van der Waals surface area contributed by atoms with Gasteiger partial charge in [-0.3, -0.25) is 14.9 Å². The minimum absolute atomic E-state index is 0.0384. The topological polar surface area (TPSA) is 72.0 Å². The van der Waals surface area contributed by atoms with Gasteiger partial charge in [-0.1, -0.05) is 90.7 Å². The van der Waals surface area contributed by atoms with Crippen molar-refractivity contribution in [2.45, 2.75) is 23.6 Å². The summed E-state index contributed by atoms with van der Waals surface area (Å²) in [5.41, 5.74) is 1.65. The number of hydrogen-bond donors (Lipinski definition) is 1. The first-order valence-electron chi connectivity index (χ1n) is 8.57. The van der Waals surface area contributed by atoms with E-state index in [0.717, 1.165) is 5.56 Å². The predicted octanol–water partition coefficient (Wildman–Crippen LogP) is 4.65. The molecule has 1 atom stereocenters. The highest BCUT2D eigenvalue weighted by atomic mass is 32.2. The van der Waals surface area contributed by atoms with Gasteiger partial charge in [0.2, 0.25) is 11.0 Å². The van der Waals surface area contributed by atoms with Crippen LogP contribution in [0.25, 0.3) is 0 Å². The summed E-state index contributed by atoms with van der Waals surface area (Å²) in [6.45, 7) is 1.98. The molecule has 0 aliphatic rings. The van der Waals surface area contributed by atoms with Crippen LogP contribution in [0.2, 0.25) is 0 Å². The Morgan fingerprint density at radius 3 is 2.37 bits per heavy atom. The van der Waals surface area contributed by atoms with Crippen molar-refractivity contribution in [3.8, 4) is 0 Å². The SMILES string of the molecule is CC[C@H](C(=O)Nc1nnc(SCC(=O)c2ccccc2)s1)c1ccccc1. The summed E-state index contributed by atoms with van der Waals surface area (Å²) in [5.74, 6) is -0.00656. The van der Waals surface area contributed by atoms with Gasteiger partial charge in [0.05, 0.1) is 11.7 Å². The minimum atomic E-state index is -0.231. The Labute approximate surface area is 166 Å². The lowest BCUT2D eigenvalue weighted by Gasteiger charge is -2.13. The van der Waals surface area contributed by atoms with Crippen molar-refractivity contribution in [1.82, 2.24) is 10.2 Å². The van der Waals surface area contributed by atoms with Gasteiger partial charge in [-0.2, -0.15) is 0 Å². The van der Waals surface area contributed by atoms with Gasteiger partial charge >= 0.3 is 0 Å². The van der Waals surface area contributed by atoms with E-state index in [9.17, 15) is 9.59 Å². The van der Waals surface area contributed by atoms with Crippen LogP contribution in [0, 0.1) is 0 Å². The van der Waals surface area contributed by atoms with Gasteiger partial charge < -0.3 is 0 Å². The number of amides is 1. The maximum Gasteiger partial charge on any atom is 0.233 e. The number of ketones is 1. The number of nitrogens with zero attached hydrogens (tertiary/aromatic N) is 2. The molecule has 3 aromatic rings. The number of Topliss-reactive ketones (excluding diaryl/α,β-unsaturated/α-hetero) is 1. The number of carbonyl (C=O) groups excluding carboxylic acids is 2. The van der Waals surface area contributed by atoms with Gasteiger partial charge in [0.15, 0.2) is 10.1 Å². The van der Waals surface area contributed by atoms with Crippen molar-refractivity contribution in [2.24, 2.45) is 0 Å². The molecule has 1 N–H and O–H groups in total. The van der Waals surface area contributed by atoms with Gasteiger partial charge in [0.1, 0.15) is 0 Å². The summed E-state index contributed by atoms with van der Waals surface area (Å²) in [6, 6.07) is 18.8. The van der Waals surface area contributed by atoms with Crippen LogP contribution in [0.4, 0.5) is 5.13 Å². The van der Waals surface area contributed by atoms with Crippen molar-refractivity contribution in [2.75, 3.05) is 11.1 Å². The van der Waals surface area contributed by atoms with Gasteiger partial charge in [0, 0.05) is 5.56 Å². The van der Waals surface area contributed by atoms with Gasteiger partial charge in [-0.25, -0.2) is 0 Å². The number of aromatic nitrogens is 2. The van der Waals surface area contributed by atoms with Crippen LogP contribution in [-0.2, 0) is 4.79 Å². The van der Waals surface area contributed by atoms with E-state index in [1.54, 1.807) is 12.1 Å². The third-order valence-electron chi connectivity index (χ3n) is 3.99. The molecule has 0 saturated heterocycles. The molecular weight excluding hydrogens is 378 g/mol. The highest BCUT2D eigenvalue weighted by Gasteiger charge is 2.20. The summed E-state index contributed by atoms with van der Waals surface area (Å²) in [5, 5.41) is 11.4. The average molecular weight is 398 g/mol. The van der Waals surface area contributed by atoms with E-state index < -0.39 is 0 Å². The molecule has 0 radical (unpaired) electrons. The van der Waals surface area contributed by atoms with Crippen LogP contribution in [0.3, 0.4) is 0 Å². The van der Waals surface area contributed by atoms with E-state index in [4.69, 9.17) is 0 Å². The van der Waals surface area contributed by atoms with E-state index in [0.29, 0.717) is 21.5 Å². The highest BCUT2D eigenvalue weighted by Crippen LogP contribution is 2.28. The van der Waals surface area contributed by atoms with Gasteiger partial charge in [-0.05, 0) is 12.0 Å². The van der Waals surface area contributed by atoms with Crippen LogP contribution >= 0.6 is 23.1 Å². The minimum Gasteiger partial charge on any atom is -0.300 e. The Morgan fingerprint density at radius 2 is 1.70 bits per heavy atom. The summed E-state index contributed by atoms with van der Waals surface area (Å²) in [6.07, 6.45) is 0.696. The molecule has 0 unspecified atom stereocenters. The molecule has 0 aliphatic heterocycles. The Morgan fingerprint density at radius 1 is 1.04 bits per heavy atom. The van der Waals surface area contributed by atoms with Crippen LogP contribution in [-0.4, -0.2) is 27.6 Å². The lowest BCUT2D eigenvalue weighted by atomic mass is 9.96. The number of thioether (sulfide) groups is 1. The largest absolute Gasteiger partial charge is 0.300 e. The normalized spacial score (nSPS) is 11.7. The van der Waals surface area contributed by atoms with Gasteiger partial charge in [0.25, 0.3) is 0 Å². The summed E-state index contributed by atoms with van der Waals surface area (Å²) in [7, 11) is 0. The molecule has 0 fully saturated rings. The zero-order chi connectivity index (χ0) is 19.1. The first-order valence-corrected chi connectivity index (χ1v) is 10.4. The Balaban J connectivity index is 1.57. The van der Waals surface area contributed by atoms with E-state index in [1.165, 1.54) is 23.1 Å². The molecule has 2 aromatic carbocycles. The number of nitrogens with one attached hydrogen (secondary N) is 1. The number of rotatable bonds is 8. The highest BCUT2D eigenvalue weighted by molar-refractivity contribution is 8.01. The van der Waals surface area contributed by atoms with Crippen LogP contribution < -0.4 is 5.32 Å². The van der Waals surface area contributed by atoms with Crippen molar-refractivity contribution in [3.05, 3.63) is 71.8 Å². The van der Waals surface area contributed by atoms with Crippen molar-refractivity contribution in [3.63, 3.8) is 0 Å². The van der Waals surface area contributed by atoms with E-state index >= 15 is 0 Å². The molecule has 5 nitrogen and oxygen atoms in total. The molecule has 3 rings (SSSR count).